The third-order valence-corrected chi connectivity index (χ3v) is 6.25. The van der Waals surface area contributed by atoms with Gasteiger partial charge in [-0.2, -0.15) is 0 Å². The summed E-state index contributed by atoms with van der Waals surface area (Å²) in [6.45, 7) is 5.70. The van der Waals surface area contributed by atoms with Gasteiger partial charge < -0.3 is 10.2 Å². The van der Waals surface area contributed by atoms with Crippen LogP contribution in [0.5, 0.6) is 0 Å². The van der Waals surface area contributed by atoms with Gasteiger partial charge in [0.05, 0.1) is 11.9 Å². The van der Waals surface area contributed by atoms with Gasteiger partial charge in [-0.15, -0.1) is 0 Å². The van der Waals surface area contributed by atoms with Crippen molar-refractivity contribution in [1.82, 2.24) is 10.2 Å². The Hall–Kier alpha value is -2.94. The number of carbonyl (C=O) groups excluding carboxylic acids is 2. The maximum absolute atomic E-state index is 13.2. The Morgan fingerprint density at radius 2 is 1.61 bits per heavy atom. The van der Waals surface area contributed by atoms with Gasteiger partial charge in [0.25, 0.3) is 0 Å². The molecule has 7 nitrogen and oxygen atoms in total. The van der Waals surface area contributed by atoms with Crippen molar-refractivity contribution in [2.75, 3.05) is 17.1 Å². The van der Waals surface area contributed by atoms with Crippen LogP contribution in [0, 0.1) is 5.82 Å². The fraction of sp³-hybridized carbons (Fsp3) is 0.417. The van der Waals surface area contributed by atoms with E-state index in [1.165, 1.54) is 29.2 Å². The summed E-state index contributed by atoms with van der Waals surface area (Å²) in [6, 6.07) is 13.8. The summed E-state index contributed by atoms with van der Waals surface area (Å²) in [7, 11) is -3.62. The molecule has 0 aliphatic rings. The molecule has 1 atom stereocenters. The number of hydrogen-bond acceptors (Lipinski definition) is 4. The Morgan fingerprint density at radius 1 is 1.00 bits per heavy atom. The van der Waals surface area contributed by atoms with E-state index in [-0.39, 0.29) is 43.8 Å². The van der Waals surface area contributed by atoms with Gasteiger partial charge in [0.15, 0.2) is 0 Å². The first-order valence-corrected chi connectivity index (χ1v) is 12.7. The molecule has 0 saturated heterocycles. The average molecular weight is 478 g/mol. The lowest BCUT2D eigenvalue weighted by Crippen LogP contribution is -2.49. The normalized spacial score (nSPS) is 12.3. The quantitative estimate of drug-likeness (QED) is 0.538. The van der Waals surface area contributed by atoms with Crippen molar-refractivity contribution in [3.05, 3.63) is 66.0 Å². The minimum atomic E-state index is -3.62. The minimum Gasteiger partial charge on any atom is -0.352 e. The monoisotopic (exact) mass is 477 g/mol. The topological polar surface area (TPSA) is 86.8 Å². The fourth-order valence-electron chi connectivity index (χ4n) is 3.38. The molecule has 0 heterocycles. The van der Waals surface area contributed by atoms with Crippen LogP contribution < -0.4 is 9.62 Å². The molecule has 0 saturated carbocycles. The smallest absolute Gasteiger partial charge is 0.242 e. The van der Waals surface area contributed by atoms with E-state index in [0.717, 1.165) is 16.1 Å². The highest BCUT2D eigenvalue weighted by Gasteiger charge is 2.27. The van der Waals surface area contributed by atoms with Crippen LogP contribution in [0.15, 0.2) is 54.6 Å². The molecule has 0 unspecified atom stereocenters. The van der Waals surface area contributed by atoms with Crippen LogP contribution in [0.2, 0.25) is 0 Å². The summed E-state index contributed by atoms with van der Waals surface area (Å²) >= 11 is 0. The highest BCUT2D eigenvalue weighted by molar-refractivity contribution is 7.92. The zero-order chi connectivity index (χ0) is 24.6. The van der Waals surface area contributed by atoms with Gasteiger partial charge in [0.1, 0.15) is 11.9 Å². The molecular weight excluding hydrogens is 445 g/mol. The van der Waals surface area contributed by atoms with Crippen molar-refractivity contribution in [3.63, 3.8) is 0 Å². The zero-order valence-corrected chi connectivity index (χ0v) is 20.3. The highest BCUT2D eigenvalue weighted by atomic mass is 32.2. The fourth-order valence-corrected chi connectivity index (χ4v) is 4.34. The Labute approximate surface area is 195 Å². The maximum atomic E-state index is 13.2. The molecule has 0 aromatic heterocycles. The first-order valence-electron chi connectivity index (χ1n) is 10.9. The molecule has 0 radical (unpaired) electrons. The van der Waals surface area contributed by atoms with E-state index < -0.39 is 21.9 Å². The average Bonchev–Trinajstić information content (AvgIpc) is 2.74. The zero-order valence-electron chi connectivity index (χ0n) is 19.5. The molecule has 0 aliphatic carbocycles. The molecule has 0 spiro atoms. The Bertz CT molecular complexity index is 1030. The second-order valence-electron chi connectivity index (χ2n) is 8.26. The van der Waals surface area contributed by atoms with Crippen LogP contribution in [0.4, 0.5) is 10.1 Å². The number of nitrogens with one attached hydrogen (secondary N) is 1. The van der Waals surface area contributed by atoms with E-state index in [2.05, 4.69) is 5.32 Å². The Morgan fingerprint density at radius 3 is 2.15 bits per heavy atom. The van der Waals surface area contributed by atoms with Crippen LogP contribution in [0.1, 0.15) is 39.2 Å². The van der Waals surface area contributed by atoms with Crippen molar-refractivity contribution in [2.45, 2.75) is 52.2 Å². The van der Waals surface area contributed by atoms with Gasteiger partial charge in [-0.3, -0.25) is 13.9 Å². The number of amides is 2. The molecule has 0 aliphatic heterocycles. The van der Waals surface area contributed by atoms with E-state index in [1.54, 1.807) is 6.92 Å². The number of carbonyl (C=O) groups is 2. The van der Waals surface area contributed by atoms with E-state index in [9.17, 15) is 22.4 Å². The molecular formula is C24H32FN3O4S. The molecule has 33 heavy (non-hydrogen) atoms. The van der Waals surface area contributed by atoms with Crippen LogP contribution >= 0.6 is 0 Å². The second kappa shape index (κ2) is 11.8. The van der Waals surface area contributed by atoms with Crippen molar-refractivity contribution in [2.24, 2.45) is 0 Å². The van der Waals surface area contributed by atoms with Gasteiger partial charge in [-0.05, 0) is 57.0 Å². The Balaban J connectivity index is 2.13. The van der Waals surface area contributed by atoms with Crippen molar-refractivity contribution in [3.8, 4) is 0 Å². The van der Waals surface area contributed by atoms with Gasteiger partial charge in [-0.1, -0.05) is 30.3 Å². The molecule has 0 bridgehead atoms. The van der Waals surface area contributed by atoms with Gasteiger partial charge in [0.2, 0.25) is 21.8 Å². The van der Waals surface area contributed by atoms with Gasteiger partial charge in [-0.25, -0.2) is 12.8 Å². The summed E-state index contributed by atoms with van der Waals surface area (Å²) in [5.41, 5.74) is 1.22. The summed E-state index contributed by atoms with van der Waals surface area (Å²) in [5.74, 6) is -0.969. The molecule has 2 aromatic carbocycles. The number of rotatable bonds is 11. The van der Waals surface area contributed by atoms with Crippen molar-refractivity contribution < 1.29 is 22.4 Å². The molecule has 9 heteroatoms. The molecule has 2 rings (SSSR count). The van der Waals surface area contributed by atoms with Crippen molar-refractivity contribution >= 4 is 27.5 Å². The molecule has 180 valence electrons. The molecule has 1 N–H and O–H groups in total. The predicted octanol–water partition coefficient (Wildman–Crippen LogP) is 3.31. The number of hydrogen-bond donors (Lipinski definition) is 1. The Kier molecular flexibility index (Phi) is 9.40. The first-order chi connectivity index (χ1) is 15.5. The minimum absolute atomic E-state index is 0.0549. The summed E-state index contributed by atoms with van der Waals surface area (Å²) in [6.07, 6.45) is 1.37. The number of halogens is 1. The standard InChI is InChI=1S/C24H32FN3O4S/c1-18(2)26-24(30)19(3)27(17-20-9-6-5-7-10-20)23(29)11-8-16-28(33(4,31)32)22-14-12-21(25)13-15-22/h5-7,9-10,12-15,18-19H,8,11,16-17H2,1-4H3,(H,26,30)/t19-/m0/s1. The summed E-state index contributed by atoms with van der Waals surface area (Å²) < 4.78 is 38.9. The predicted molar refractivity (Wildman–Crippen MR) is 128 cm³/mol. The van der Waals surface area contributed by atoms with Crippen LogP contribution in [-0.2, 0) is 26.2 Å². The van der Waals surface area contributed by atoms with E-state index in [4.69, 9.17) is 0 Å². The van der Waals surface area contributed by atoms with Crippen LogP contribution in [0.25, 0.3) is 0 Å². The van der Waals surface area contributed by atoms with E-state index >= 15 is 0 Å². The lowest BCUT2D eigenvalue weighted by atomic mass is 10.1. The number of sulfonamides is 1. The maximum Gasteiger partial charge on any atom is 0.242 e. The number of benzene rings is 2. The van der Waals surface area contributed by atoms with E-state index in [0.29, 0.717) is 5.69 Å². The lowest BCUT2D eigenvalue weighted by Gasteiger charge is -2.30. The van der Waals surface area contributed by atoms with Crippen LogP contribution in [-0.4, -0.2) is 50.0 Å². The third-order valence-electron chi connectivity index (χ3n) is 5.06. The van der Waals surface area contributed by atoms with Gasteiger partial charge in [0, 0.05) is 25.6 Å². The van der Waals surface area contributed by atoms with E-state index in [1.807, 2.05) is 44.2 Å². The summed E-state index contributed by atoms with van der Waals surface area (Å²) in [5, 5.41) is 2.83. The number of anilines is 1. The highest BCUT2D eigenvalue weighted by Crippen LogP contribution is 2.19. The van der Waals surface area contributed by atoms with Crippen LogP contribution in [0.3, 0.4) is 0 Å². The molecule has 2 amide bonds. The van der Waals surface area contributed by atoms with Crippen molar-refractivity contribution in [1.29, 1.82) is 0 Å². The third kappa shape index (κ3) is 8.16. The molecule has 2 aromatic rings. The largest absolute Gasteiger partial charge is 0.352 e. The summed E-state index contributed by atoms with van der Waals surface area (Å²) in [4.78, 5) is 27.2. The van der Waals surface area contributed by atoms with Gasteiger partial charge >= 0.3 is 0 Å². The second-order valence-corrected chi connectivity index (χ2v) is 10.2. The molecule has 0 fully saturated rings. The SMILES string of the molecule is CC(C)NC(=O)[C@H](C)N(Cc1ccccc1)C(=O)CCCN(c1ccc(F)cc1)S(C)(=O)=O. The number of nitrogens with zero attached hydrogens (tertiary/aromatic N) is 2. The lowest BCUT2D eigenvalue weighted by molar-refractivity contribution is -0.140. The first kappa shape index (κ1) is 26.3.